The van der Waals surface area contributed by atoms with Crippen molar-refractivity contribution in [3.63, 3.8) is 0 Å². The molecule has 0 spiro atoms. The molecular weight excluding hydrogens is 797 g/mol. The van der Waals surface area contributed by atoms with Crippen LogP contribution in [0.1, 0.15) is 24.0 Å². The normalized spacial score (nSPS) is 12.8. The summed E-state index contributed by atoms with van der Waals surface area (Å²) in [7, 11) is 0. The Kier molecular flexibility index (Phi) is 9.84. The zero-order chi connectivity index (χ0) is 44.0. The maximum Gasteiger partial charge on any atom is 0.0465 e. The Labute approximate surface area is 386 Å². The first-order valence-corrected chi connectivity index (χ1v) is 22.9. The summed E-state index contributed by atoms with van der Waals surface area (Å²) < 4.78 is 0. The highest BCUT2D eigenvalue weighted by Gasteiger charge is 2.28. The molecule has 0 radical (unpaired) electrons. The average Bonchev–Trinajstić information content (AvgIpc) is 3.67. The molecule has 0 amide bonds. The first kappa shape index (κ1) is 39.2. The Morgan fingerprint density at radius 3 is 1.12 bits per heavy atom. The summed E-state index contributed by atoms with van der Waals surface area (Å²) in [4.78, 5) is 4.69. The Balaban J connectivity index is 0.929. The van der Waals surface area contributed by atoms with Crippen LogP contribution in [0.25, 0.3) is 66.1 Å². The number of anilines is 6. The van der Waals surface area contributed by atoms with Crippen molar-refractivity contribution in [2.75, 3.05) is 9.80 Å². The SMILES string of the molecule is CC1c2cc(-c3ccc4c(-c5ccccc5)c5ccccc5c(-c5ccccc5)c4c3)ccc2-c2ccc(N(c3ccccc3)c3ccc(N(c4ccccc4)c4ccccc4)cc3)cc21. The molecule has 66 heavy (non-hydrogen) atoms. The highest BCUT2D eigenvalue weighted by molar-refractivity contribution is 6.22. The van der Waals surface area contributed by atoms with Gasteiger partial charge in [-0.05, 0) is 162 Å². The summed E-state index contributed by atoms with van der Waals surface area (Å²) in [6, 6.07) is 92.8. The van der Waals surface area contributed by atoms with E-state index in [9.17, 15) is 0 Å². The van der Waals surface area contributed by atoms with Crippen LogP contribution < -0.4 is 9.80 Å². The van der Waals surface area contributed by atoms with Gasteiger partial charge in [0, 0.05) is 40.0 Å². The van der Waals surface area contributed by atoms with E-state index in [0.29, 0.717) is 0 Å². The van der Waals surface area contributed by atoms with Gasteiger partial charge in [0.1, 0.15) is 0 Å². The molecule has 2 heteroatoms. The Morgan fingerprint density at radius 1 is 0.258 bits per heavy atom. The minimum Gasteiger partial charge on any atom is -0.311 e. The van der Waals surface area contributed by atoms with E-state index in [2.05, 4.69) is 272 Å². The molecular formula is C64H46N2. The van der Waals surface area contributed by atoms with Crippen molar-refractivity contribution in [3.8, 4) is 44.5 Å². The number of fused-ring (bicyclic) bond motifs is 5. The molecule has 1 aliphatic rings. The van der Waals surface area contributed by atoms with Crippen molar-refractivity contribution in [2.45, 2.75) is 12.8 Å². The van der Waals surface area contributed by atoms with E-state index in [4.69, 9.17) is 0 Å². The second-order valence-electron chi connectivity index (χ2n) is 17.3. The van der Waals surface area contributed by atoms with Crippen molar-refractivity contribution < 1.29 is 0 Å². The van der Waals surface area contributed by atoms with Crippen LogP contribution in [0.5, 0.6) is 0 Å². The van der Waals surface area contributed by atoms with Crippen LogP contribution in [0, 0.1) is 0 Å². The minimum atomic E-state index is 0.217. The van der Waals surface area contributed by atoms with Gasteiger partial charge in [0.05, 0.1) is 0 Å². The van der Waals surface area contributed by atoms with Crippen molar-refractivity contribution in [3.05, 3.63) is 266 Å². The second-order valence-corrected chi connectivity index (χ2v) is 17.3. The largest absolute Gasteiger partial charge is 0.311 e. The predicted molar refractivity (Wildman–Crippen MR) is 280 cm³/mol. The monoisotopic (exact) mass is 842 g/mol. The molecule has 0 bridgehead atoms. The third-order valence-corrected chi connectivity index (χ3v) is 13.5. The molecule has 1 aliphatic carbocycles. The van der Waals surface area contributed by atoms with E-state index in [1.54, 1.807) is 0 Å². The second kappa shape index (κ2) is 16.6. The molecule has 0 aromatic heterocycles. The maximum atomic E-state index is 2.45. The number of hydrogen-bond acceptors (Lipinski definition) is 2. The number of para-hydroxylation sites is 3. The maximum absolute atomic E-state index is 2.45. The van der Waals surface area contributed by atoms with Gasteiger partial charge in [-0.25, -0.2) is 0 Å². The van der Waals surface area contributed by atoms with E-state index in [1.807, 2.05) is 0 Å². The quantitative estimate of drug-likeness (QED) is 0.134. The standard InChI is InChI=1S/C64H46N2/c1-44-60-41-47(48-32-39-59-62(42-48)64(46-21-9-3-10-22-46)58-30-18-17-29-57(58)63(59)45-19-7-2-8-20-45)31-38-55(60)56-40-37-54(43-61(44)56)66(51-27-15-6-16-28-51)53-35-33-52(34-36-53)65(49-23-11-4-12-24-49)50-25-13-5-14-26-50/h2-44H,1H3. The molecule has 2 nitrogen and oxygen atoms in total. The van der Waals surface area contributed by atoms with Gasteiger partial charge >= 0.3 is 0 Å². The van der Waals surface area contributed by atoms with Gasteiger partial charge in [-0.15, -0.1) is 0 Å². The lowest BCUT2D eigenvalue weighted by molar-refractivity contribution is 0.956. The molecule has 0 N–H and O–H groups in total. The summed E-state index contributed by atoms with van der Waals surface area (Å²) in [5, 5.41) is 5.06. The summed E-state index contributed by atoms with van der Waals surface area (Å²) in [5.74, 6) is 0.217. The Hall–Kier alpha value is -8.46. The fraction of sp³-hybridized carbons (Fsp3) is 0.0312. The molecule has 0 fully saturated rings. The van der Waals surface area contributed by atoms with Crippen LogP contribution >= 0.6 is 0 Å². The van der Waals surface area contributed by atoms with Crippen LogP contribution in [0.3, 0.4) is 0 Å². The lowest BCUT2D eigenvalue weighted by Crippen LogP contribution is -2.12. The lowest BCUT2D eigenvalue weighted by atomic mass is 9.84. The van der Waals surface area contributed by atoms with Crippen LogP contribution in [0.4, 0.5) is 34.1 Å². The molecule has 0 heterocycles. The molecule has 312 valence electrons. The smallest absolute Gasteiger partial charge is 0.0465 e. The third kappa shape index (κ3) is 6.83. The molecule has 11 aromatic rings. The van der Waals surface area contributed by atoms with Crippen molar-refractivity contribution >= 4 is 55.7 Å². The van der Waals surface area contributed by atoms with Gasteiger partial charge < -0.3 is 9.80 Å². The number of benzene rings is 11. The zero-order valence-corrected chi connectivity index (χ0v) is 36.7. The Morgan fingerprint density at radius 2 is 0.606 bits per heavy atom. The van der Waals surface area contributed by atoms with Crippen LogP contribution in [0.15, 0.2) is 255 Å². The zero-order valence-electron chi connectivity index (χ0n) is 36.7. The lowest BCUT2D eigenvalue weighted by Gasteiger charge is -2.28. The molecule has 0 saturated heterocycles. The topological polar surface area (TPSA) is 6.48 Å². The minimum absolute atomic E-state index is 0.217. The molecule has 1 atom stereocenters. The molecule has 1 unspecified atom stereocenters. The van der Waals surface area contributed by atoms with Gasteiger partial charge in [-0.2, -0.15) is 0 Å². The van der Waals surface area contributed by atoms with Gasteiger partial charge in [0.2, 0.25) is 0 Å². The summed E-state index contributed by atoms with van der Waals surface area (Å²) >= 11 is 0. The fourth-order valence-electron chi connectivity index (χ4n) is 10.4. The van der Waals surface area contributed by atoms with Crippen LogP contribution in [-0.2, 0) is 0 Å². The van der Waals surface area contributed by atoms with Crippen molar-refractivity contribution in [1.82, 2.24) is 0 Å². The van der Waals surface area contributed by atoms with E-state index >= 15 is 0 Å². The van der Waals surface area contributed by atoms with E-state index < -0.39 is 0 Å². The molecule has 11 aromatic carbocycles. The van der Waals surface area contributed by atoms with Gasteiger partial charge in [-0.1, -0.05) is 177 Å². The summed E-state index contributed by atoms with van der Waals surface area (Å²) in [5.41, 5.74) is 19.5. The van der Waals surface area contributed by atoms with E-state index in [-0.39, 0.29) is 5.92 Å². The first-order chi connectivity index (χ1) is 32.7. The van der Waals surface area contributed by atoms with E-state index in [1.165, 1.54) is 77.2 Å². The highest BCUT2D eigenvalue weighted by Crippen LogP contribution is 2.50. The van der Waals surface area contributed by atoms with Crippen LogP contribution in [0.2, 0.25) is 0 Å². The highest BCUT2D eigenvalue weighted by atomic mass is 15.2. The van der Waals surface area contributed by atoms with Gasteiger partial charge in [0.15, 0.2) is 0 Å². The third-order valence-electron chi connectivity index (χ3n) is 13.5. The molecule has 0 aliphatic heterocycles. The van der Waals surface area contributed by atoms with Gasteiger partial charge in [0.25, 0.3) is 0 Å². The van der Waals surface area contributed by atoms with Crippen molar-refractivity contribution in [1.29, 1.82) is 0 Å². The van der Waals surface area contributed by atoms with Crippen LogP contribution in [-0.4, -0.2) is 0 Å². The molecule has 12 rings (SSSR count). The molecule has 0 saturated carbocycles. The number of nitrogens with zero attached hydrogens (tertiary/aromatic N) is 2. The summed E-state index contributed by atoms with van der Waals surface area (Å²) in [6.45, 7) is 2.37. The van der Waals surface area contributed by atoms with E-state index in [0.717, 1.165) is 34.1 Å². The average molecular weight is 843 g/mol. The Bertz CT molecular complexity index is 3470. The van der Waals surface area contributed by atoms with Gasteiger partial charge in [-0.3, -0.25) is 0 Å². The number of hydrogen-bond donors (Lipinski definition) is 0. The fourth-order valence-corrected chi connectivity index (χ4v) is 10.4. The first-order valence-electron chi connectivity index (χ1n) is 22.9. The number of rotatable bonds is 9. The summed E-state index contributed by atoms with van der Waals surface area (Å²) in [6.07, 6.45) is 0. The van der Waals surface area contributed by atoms with Crippen molar-refractivity contribution in [2.24, 2.45) is 0 Å². The predicted octanol–water partition coefficient (Wildman–Crippen LogP) is 18.1.